The molecule has 2 N–H and O–H groups in total. The van der Waals surface area contributed by atoms with Gasteiger partial charge in [-0.1, -0.05) is 19.1 Å². The Morgan fingerprint density at radius 2 is 2.05 bits per heavy atom. The van der Waals surface area contributed by atoms with Crippen LogP contribution in [0.15, 0.2) is 24.3 Å². The molecule has 1 fully saturated rings. The van der Waals surface area contributed by atoms with E-state index in [1.165, 1.54) is 5.56 Å². The van der Waals surface area contributed by atoms with Crippen LogP contribution in [-0.2, 0) is 4.79 Å². The number of phenols is 1. The lowest BCUT2D eigenvalue weighted by Gasteiger charge is -2.26. The van der Waals surface area contributed by atoms with Gasteiger partial charge in [0.25, 0.3) is 0 Å². The van der Waals surface area contributed by atoms with Crippen molar-refractivity contribution in [2.45, 2.75) is 45.2 Å². The predicted octanol–water partition coefficient (Wildman–Crippen LogP) is 2.44. The van der Waals surface area contributed by atoms with Gasteiger partial charge in [-0.25, -0.2) is 0 Å². The van der Waals surface area contributed by atoms with Crippen LogP contribution in [0.2, 0.25) is 0 Å². The van der Waals surface area contributed by atoms with Crippen molar-refractivity contribution in [1.29, 1.82) is 0 Å². The maximum atomic E-state index is 11.6. The first-order valence-electron chi connectivity index (χ1n) is 7.43. The van der Waals surface area contributed by atoms with Crippen molar-refractivity contribution in [3.8, 4) is 5.75 Å². The normalized spacial score (nSPS) is 18.3. The molecule has 0 radical (unpaired) electrons. The number of carbonyl (C=O) groups is 1. The molecule has 1 aromatic rings. The average Bonchev–Trinajstić information content (AvgIpc) is 2.83. The Kier molecular flexibility index (Phi) is 5.01. The molecule has 1 aliphatic rings. The van der Waals surface area contributed by atoms with Crippen LogP contribution in [-0.4, -0.2) is 35.0 Å². The minimum Gasteiger partial charge on any atom is -0.508 e. The first-order chi connectivity index (χ1) is 9.60. The number of rotatable bonds is 6. The van der Waals surface area contributed by atoms with E-state index in [4.69, 9.17) is 0 Å². The summed E-state index contributed by atoms with van der Waals surface area (Å²) < 4.78 is 0. The largest absolute Gasteiger partial charge is 0.508 e. The summed E-state index contributed by atoms with van der Waals surface area (Å²) in [6.45, 7) is 5.92. The average molecular weight is 276 g/mol. The second-order valence-corrected chi connectivity index (χ2v) is 5.56. The predicted molar refractivity (Wildman–Crippen MR) is 79.6 cm³/mol. The Morgan fingerprint density at radius 1 is 1.35 bits per heavy atom. The molecule has 4 heteroatoms. The van der Waals surface area contributed by atoms with Crippen molar-refractivity contribution >= 4 is 5.91 Å². The van der Waals surface area contributed by atoms with E-state index in [1.54, 1.807) is 12.1 Å². The van der Waals surface area contributed by atoms with Gasteiger partial charge in [-0.2, -0.15) is 0 Å². The monoisotopic (exact) mass is 276 g/mol. The van der Waals surface area contributed by atoms with Crippen LogP contribution in [0.1, 0.15) is 44.7 Å². The molecule has 2 rings (SSSR count). The number of amides is 1. The summed E-state index contributed by atoms with van der Waals surface area (Å²) in [4.78, 5) is 13.6. The fourth-order valence-electron chi connectivity index (χ4n) is 2.78. The minimum absolute atomic E-state index is 0.253. The number of aromatic hydroxyl groups is 1. The lowest BCUT2D eigenvalue weighted by molar-refractivity contribution is -0.127. The Labute approximate surface area is 120 Å². The summed E-state index contributed by atoms with van der Waals surface area (Å²) in [6, 6.07) is 7.84. The fourth-order valence-corrected chi connectivity index (χ4v) is 2.78. The molecule has 0 bridgehead atoms. The topological polar surface area (TPSA) is 52.6 Å². The number of phenolic OH excluding ortho intramolecular Hbond substituents is 1. The van der Waals surface area contributed by atoms with Gasteiger partial charge in [0.1, 0.15) is 5.75 Å². The highest BCUT2D eigenvalue weighted by Gasteiger charge is 2.22. The first kappa shape index (κ1) is 14.9. The fraction of sp³-hybridized carbons (Fsp3) is 0.562. The van der Waals surface area contributed by atoms with E-state index >= 15 is 0 Å². The zero-order chi connectivity index (χ0) is 14.5. The summed E-state index contributed by atoms with van der Waals surface area (Å²) in [7, 11) is 0. The molecule has 0 aromatic heterocycles. The lowest BCUT2D eigenvalue weighted by atomic mass is 10.0. The third-order valence-electron chi connectivity index (χ3n) is 3.86. The Hall–Kier alpha value is -1.55. The summed E-state index contributed by atoms with van der Waals surface area (Å²) in [5, 5.41) is 12.9. The number of hydrogen-bond donors (Lipinski definition) is 2. The van der Waals surface area contributed by atoms with E-state index in [1.807, 2.05) is 17.0 Å². The summed E-state index contributed by atoms with van der Waals surface area (Å²) >= 11 is 0. The Balaban J connectivity index is 1.92. The highest BCUT2D eigenvalue weighted by atomic mass is 16.3. The molecule has 2 unspecified atom stereocenters. The smallest absolute Gasteiger partial charge is 0.222 e. The van der Waals surface area contributed by atoms with Crippen LogP contribution >= 0.6 is 0 Å². The van der Waals surface area contributed by atoms with Crippen LogP contribution in [0.5, 0.6) is 5.75 Å². The highest BCUT2D eigenvalue weighted by molar-refractivity contribution is 5.78. The van der Waals surface area contributed by atoms with Gasteiger partial charge in [0.05, 0.1) is 0 Å². The van der Waals surface area contributed by atoms with Gasteiger partial charge in [-0.3, -0.25) is 4.79 Å². The standard InChI is InChI=1S/C16H24N2O2/c1-3-15(13-6-8-14(19)9-7-13)17-12(2)11-18-10-4-5-16(18)20/h6-9,12,15,17,19H,3-5,10-11H2,1-2H3. The molecule has 1 aromatic carbocycles. The van der Waals surface area contributed by atoms with E-state index in [2.05, 4.69) is 19.2 Å². The molecule has 0 spiro atoms. The van der Waals surface area contributed by atoms with E-state index < -0.39 is 0 Å². The number of hydrogen-bond acceptors (Lipinski definition) is 3. The Bertz CT molecular complexity index is 444. The molecule has 1 heterocycles. The van der Waals surface area contributed by atoms with Gasteiger partial charge in [-0.05, 0) is 37.5 Å². The van der Waals surface area contributed by atoms with Crippen LogP contribution in [0.4, 0.5) is 0 Å². The number of carbonyl (C=O) groups excluding carboxylic acids is 1. The van der Waals surface area contributed by atoms with Crippen molar-refractivity contribution in [2.24, 2.45) is 0 Å². The molecule has 20 heavy (non-hydrogen) atoms. The van der Waals surface area contributed by atoms with Crippen LogP contribution in [0.25, 0.3) is 0 Å². The first-order valence-corrected chi connectivity index (χ1v) is 7.43. The number of likely N-dealkylation sites (tertiary alicyclic amines) is 1. The summed E-state index contributed by atoms with van der Waals surface area (Å²) in [6.07, 6.45) is 2.66. The van der Waals surface area contributed by atoms with Crippen molar-refractivity contribution < 1.29 is 9.90 Å². The SMILES string of the molecule is CCC(NC(C)CN1CCCC1=O)c1ccc(O)cc1. The summed E-state index contributed by atoms with van der Waals surface area (Å²) in [5.41, 5.74) is 1.17. The quantitative estimate of drug-likeness (QED) is 0.839. The molecule has 1 aliphatic heterocycles. The number of nitrogens with zero attached hydrogens (tertiary/aromatic N) is 1. The van der Waals surface area contributed by atoms with Crippen molar-refractivity contribution in [3.63, 3.8) is 0 Å². The second-order valence-electron chi connectivity index (χ2n) is 5.56. The van der Waals surface area contributed by atoms with Crippen molar-refractivity contribution in [3.05, 3.63) is 29.8 Å². The maximum absolute atomic E-state index is 11.6. The number of benzene rings is 1. The maximum Gasteiger partial charge on any atom is 0.222 e. The zero-order valence-electron chi connectivity index (χ0n) is 12.3. The van der Waals surface area contributed by atoms with E-state index in [0.29, 0.717) is 12.2 Å². The van der Waals surface area contributed by atoms with Crippen molar-refractivity contribution in [1.82, 2.24) is 10.2 Å². The van der Waals surface area contributed by atoms with Crippen LogP contribution < -0.4 is 5.32 Å². The molecule has 4 nitrogen and oxygen atoms in total. The van der Waals surface area contributed by atoms with Gasteiger partial charge in [0, 0.05) is 31.6 Å². The van der Waals surface area contributed by atoms with Gasteiger partial charge < -0.3 is 15.3 Å². The molecular formula is C16H24N2O2. The van der Waals surface area contributed by atoms with E-state index in [-0.39, 0.29) is 18.0 Å². The van der Waals surface area contributed by atoms with Gasteiger partial charge in [-0.15, -0.1) is 0 Å². The second kappa shape index (κ2) is 6.75. The summed E-state index contributed by atoms with van der Waals surface area (Å²) in [5.74, 6) is 0.565. The minimum atomic E-state index is 0.253. The number of nitrogens with one attached hydrogen (secondary N) is 1. The molecule has 1 saturated heterocycles. The highest BCUT2D eigenvalue weighted by Crippen LogP contribution is 2.20. The van der Waals surface area contributed by atoms with Gasteiger partial charge >= 0.3 is 0 Å². The van der Waals surface area contributed by atoms with E-state index in [9.17, 15) is 9.90 Å². The molecule has 2 atom stereocenters. The molecule has 0 aliphatic carbocycles. The zero-order valence-corrected chi connectivity index (χ0v) is 12.3. The van der Waals surface area contributed by atoms with Gasteiger partial charge in [0.2, 0.25) is 5.91 Å². The Morgan fingerprint density at radius 3 is 2.60 bits per heavy atom. The molecule has 110 valence electrons. The molecule has 0 saturated carbocycles. The van der Waals surface area contributed by atoms with Crippen molar-refractivity contribution in [2.75, 3.05) is 13.1 Å². The van der Waals surface area contributed by atoms with Crippen LogP contribution in [0, 0.1) is 0 Å². The third kappa shape index (κ3) is 3.73. The third-order valence-corrected chi connectivity index (χ3v) is 3.86. The van der Waals surface area contributed by atoms with Crippen LogP contribution in [0.3, 0.4) is 0 Å². The lowest BCUT2D eigenvalue weighted by Crippen LogP contribution is -2.41. The van der Waals surface area contributed by atoms with E-state index in [0.717, 1.165) is 25.9 Å². The molecular weight excluding hydrogens is 252 g/mol. The van der Waals surface area contributed by atoms with Gasteiger partial charge in [0.15, 0.2) is 0 Å². The molecule has 1 amide bonds.